The summed E-state index contributed by atoms with van der Waals surface area (Å²) in [6, 6.07) is 18.4. The molecule has 5 nitrogen and oxygen atoms in total. The van der Waals surface area contributed by atoms with Gasteiger partial charge in [0.2, 0.25) is 5.91 Å². The van der Waals surface area contributed by atoms with Gasteiger partial charge in [0, 0.05) is 25.7 Å². The number of hydrogen-bond donors (Lipinski definition) is 1. The van der Waals surface area contributed by atoms with E-state index in [0.717, 1.165) is 42.6 Å². The summed E-state index contributed by atoms with van der Waals surface area (Å²) in [5, 5.41) is 3.02. The van der Waals surface area contributed by atoms with Gasteiger partial charge >= 0.3 is 0 Å². The molecule has 2 aromatic carbocycles. The van der Waals surface area contributed by atoms with Crippen molar-refractivity contribution in [3.8, 4) is 0 Å². The van der Waals surface area contributed by atoms with E-state index < -0.39 is 0 Å². The maximum atomic E-state index is 12.0. The van der Waals surface area contributed by atoms with Gasteiger partial charge in [-0.1, -0.05) is 42.5 Å². The predicted molar refractivity (Wildman–Crippen MR) is 107 cm³/mol. The average Bonchev–Trinajstić information content (AvgIpc) is 3.16. The van der Waals surface area contributed by atoms with Gasteiger partial charge in [0.25, 0.3) is 6.01 Å². The minimum atomic E-state index is -0.0415. The maximum absolute atomic E-state index is 12.0. The lowest BCUT2D eigenvalue weighted by molar-refractivity contribution is -0.116. The van der Waals surface area contributed by atoms with Gasteiger partial charge in [-0.15, -0.1) is 0 Å². The van der Waals surface area contributed by atoms with E-state index in [2.05, 4.69) is 15.2 Å². The zero-order valence-electron chi connectivity index (χ0n) is 15.2. The van der Waals surface area contributed by atoms with Gasteiger partial charge < -0.3 is 14.6 Å². The van der Waals surface area contributed by atoms with Crippen molar-refractivity contribution in [1.29, 1.82) is 0 Å². The Hall–Kier alpha value is -3.08. The van der Waals surface area contributed by atoms with Crippen molar-refractivity contribution < 1.29 is 9.21 Å². The molecule has 0 spiro atoms. The van der Waals surface area contributed by atoms with Crippen LogP contribution in [0.25, 0.3) is 17.2 Å². The van der Waals surface area contributed by atoms with Crippen LogP contribution in [0.4, 0.5) is 6.01 Å². The number of anilines is 1. The number of hydrogen-bond acceptors (Lipinski definition) is 4. The lowest BCUT2D eigenvalue weighted by Gasteiger charge is -2.30. The Morgan fingerprint density at radius 2 is 1.85 bits per heavy atom. The molecule has 1 aliphatic rings. The van der Waals surface area contributed by atoms with Crippen molar-refractivity contribution in [2.24, 2.45) is 5.92 Å². The van der Waals surface area contributed by atoms with Gasteiger partial charge in [0.05, 0.1) is 0 Å². The smallest absolute Gasteiger partial charge is 0.298 e. The summed E-state index contributed by atoms with van der Waals surface area (Å²) in [7, 11) is 0. The van der Waals surface area contributed by atoms with Crippen LogP contribution in [-0.2, 0) is 4.79 Å². The molecule has 2 heterocycles. The fourth-order valence-corrected chi connectivity index (χ4v) is 3.36. The number of carbonyl (C=O) groups excluding carboxylic acids is 1. The van der Waals surface area contributed by atoms with Gasteiger partial charge in [-0.3, -0.25) is 4.79 Å². The lowest BCUT2D eigenvalue weighted by atomic mass is 9.97. The average molecular weight is 361 g/mol. The van der Waals surface area contributed by atoms with Gasteiger partial charge in [0.15, 0.2) is 5.58 Å². The highest BCUT2D eigenvalue weighted by molar-refractivity contribution is 5.91. The summed E-state index contributed by atoms with van der Waals surface area (Å²) in [5.41, 5.74) is 2.75. The largest absolute Gasteiger partial charge is 0.423 e. The molecular formula is C22H23N3O2. The first kappa shape index (κ1) is 17.3. The molecule has 0 saturated carbocycles. The molecule has 0 radical (unpaired) electrons. The molecule has 27 heavy (non-hydrogen) atoms. The fourth-order valence-electron chi connectivity index (χ4n) is 3.36. The number of aromatic nitrogens is 1. The zero-order valence-corrected chi connectivity index (χ0v) is 15.2. The van der Waals surface area contributed by atoms with Crippen LogP contribution < -0.4 is 10.2 Å². The third kappa shape index (κ3) is 4.37. The monoisotopic (exact) mass is 361 g/mol. The third-order valence-electron chi connectivity index (χ3n) is 4.96. The Kier molecular flexibility index (Phi) is 5.19. The Morgan fingerprint density at radius 1 is 1.11 bits per heavy atom. The maximum Gasteiger partial charge on any atom is 0.298 e. The zero-order chi connectivity index (χ0) is 18.5. The van der Waals surface area contributed by atoms with Crippen LogP contribution in [0.2, 0.25) is 0 Å². The van der Waals surface area contributed by atoms with Gasteiger partial charge in [0.1, 0.15) is 5.52 Å². The number of nitrogens with zero attached hydrogens (tertiary/aromatic N) is 2. The van der Waals surface area contributed by atoms with Crippen LogP contribution in [0.15, 0.2) is 65.1 Å². The van der Waals surface area contributed by atoms with Crippen molar-refractivity contribution in [2.45, 2.75) is 12.8 Å². The summed E-state index contributed by atoms with van der Waals surface area (Å²) in [4.78, 5) is 18.8. The van der Waals surface area contributed by atoms with E-state index in [9.17, 15) is 4.79 Å². The van der Waals surface area contributed by atoms with E-state index in [-0.39, 0.29) is 5.91 Å². The summed E-state index contributed by atoms with van der Waals surface area (Å²) < 4.78 is 5.85. The molecule has 5 heteroatoms. The molecule has 0 atom stereocenters. The Bertz CT molecular complexity index is 892. The van der Waals surface area contributed by atoms with E-state index >= 15 is 0 Å². The molecule has 4 rings (SSSR count). The lowest BCUT2D eigenvalue weighted by Crippen LogP contribution is -2.38. The Labute approximate surface area is 158 Å². The first-order valence-electron chi connectivity index (χ1n) is 9.39. The number of fused-ring (bicyclic) bond motifs is 1. The minimum absolute atomic E-state index is 0.0415. The van der Waals surface area contributed by atoms with Crippen molar-refractivity contribution in [3.05, 3.63) is 66.2 Å². The van der Waals surface area contributed by atoms with Crippen LogP contribution in [0.1, 0.15) is 18.4 Å². The SMILES string of the molecule is O=C(C=Cc1ccccc1)NCC1CCN(c2nc3ccccc3o2)CC1. The number of rotatable bonds is 5. The highest BCUT2D eigenvalue weighted by atomic mass is 16.4. The van der Waals surface area contributed by atoms with E-state index in [4.69, 9.17) is 4.42 Å². The van der Waals surface area contributed by atoms with Gasteiger partial charge in [-0.25, -0.2) is 0 Å². The second-order valence-electron chi connectivity index (χ2n) is 6.88. The summed E-state index contributed by atoms with van der Waals surface area (Å²) in [6.07, 6.45) is 5.47. The van der Waals surface area contributed by atoms with E-state index in [0.29, 0.717) is 18.5 Å². The minimum Gasteiger partial charge on any atom is -0.423 e. The summed E-state index contributed by atoms with van der Waals surface area (Å²) >= 11 is 0. The van der Waals surface area contributed by atoms with Crippen LogP contribution in [-0.4, -0.2) is 30.5 Å². The quantitative estimate of drug-likeness (QED) is 0.701. The molecule has 1 aliphatic heterocycles. The topological polar surface area (TPSA) is 58.4 Å². The normalized spacial score (nSPS) is 15.5. The Balaban J connectivity index is 1.24. The summed E-state index contributed by atoms with van der Waals surface area (Å²) in [5.74, 6) is 0.444. The number of piperidine rings is 1. The van der Waals surface area contributed by atoms with Crippen LogP contribution in [0.3, 0.4) is 0 Å². The van der Waals surface area contributed by atoms with Crippen LogP contribution >= 0.6 is 0 Å². The highest BCUT2D eigenvalue weighted by Gasteiger charge is 2.22. The first-order valence-corrected chi connectivity index (χ1v) is 9.39. The van der Waals surface area contributed by atoms with Crippen LogP contribution in [0.5, 0.6) is 0 Å². The molecule has 1 N–H and O–H groups in total. The number of para-hydroxylation sites is 2. The molecule has 0 bridgehead atoms. The number of nitrogens with one attached hydrogen (secondary N) is 1. The summed E-state index contributed by atoms with van der Waals surface area (Å²) in [6.45, 7) is 2.50. The van der Waals surface area contributed by atoms with Crippen molar-refractivity contribution in [1.82, 2.24) is 10.3 Å². The molecule has 1 saturated heterocycles. The third-order valence-corrected chi connectivity index (χ3v) is 4.96. The van der Waals surface area contributed by atoms with Gasteiger partial charge in [-0.05, 0) is 42.5 Å². The van der Waals surface area contributed by atoms with Crippen molar-refractivity contribution >= 4 is 29.1 Å². The van der Waals surface area contributed by atoms with E-state index in [1.165, 1.54) is 0 Å². The molecule has 0 aliphatic carbocycles. The van der Waals surface area contributed by atoms with Crippen molar-refractivity contribution in [3.63, 3.8) is 0 Å². The Morgan fingerprint density at radius 3 is 2.63 bits per heavy atom. The first-order chi connectivity index (χ1) is 13.3. The molecule has 1 amide bonds. The highest BCUT2D eigenvalue weighted by Crippen LogP contribution is 2.26. The van der Waals surface area contributed by atoms with Crippen molar-refractivity contribution in [2.75, 3.05) is 24.5 Å². The molecule has 0 unspecified atom stereocenters. The number of oxazole rings is 1. The second kappa shape index (κ2) is 8.08. The molecule has 1 aromatic heterocycles. The molecule has 1 fully saturated rings. The standard InChI is InChI=1S/C22H23N3O2/c26-21(11-10-17-6-2-1-3-7-17)23-16-18-12-14-25(15-13-18)22-24-19-8-4-5-9-20(19)27-22/h1-11,18H,12-16H2,(H,23,26). The van der Waals surface area contributed by atoms with E-state index in [1.54, 1.807) is 6.08 Å². The number of amides is 1. The second-order valence-corrected chi connectivity index (χ2v) is 6.88. The van der Waals surface area contributed by atoms with Crippen LogP contribution in [0, 0.1) is 5.92 Å². The fraction of sp³-hybridized carbons (Fsp3) is 0.273. The van der Waals surface area contributed by atoms with Gasteiger partial charge in [-0.2, -0.15) is 4.98 Å². The number of benzene rings is 2. The number of carbonyl (C=O) groups is 1. The van der Waals surface area contributed by atoms with E-state index in [1.807, 2.05) is 60.7 Å². The molecular weight excluding hydrogens is 338 g/mol. The molecule has 138 valence electrons. The molecule has 3 aromatic rings. The predicted octanol–water partition coefficient (Wildman–Crippen LogP) is 3.87.